The monoisotopic (exact) mass is 452 g/mol. The molecule has 0 atom stereocenters. The minimum atomic E-state index is -0.493. The molecule has 1 aliphatic rings. The Morgan fingerprint density at radius 2 is 1.62 bits per heavy atom. The number of hydrogen-bond donors (Lipinski definition) is 0. The van der Waals surface area contributed by atoms with Crippen LogP contribution in [0, 0.1) is 3.57 Å². The number of likely N-dealkylation sites (N-methyl/N-ethyl adjacent to an activating group) is 1. The zero-order valence-corrected chi connectivity index (χ0v) is 15.8. The van der Waals surface area contributed by atoms with Gasteiger partial charge in [0, 0.05) is 15.8 Å². The van der Waals surface area contributed by atoms with E-state index in [1.807, 2.05) is 49.4 Å². The van der Waals surface area contributed by atoms with Crippen molar-refractivity contribution in [2.45, 2.75) is 6.92 Å². The first kappa shape index (κ1) is 17.0. The molecule has 0 aromatic heterocycles. The molecule has 0 unspecified atom stereocenters. The Labute approximate surface area is 158 Å². The molecular formula is C18H14ClIN2O2. The Morgan fingerprint density at radius 3 is 2.21 bits per heavy atom. The number of para-hydroxylation sites is 1. The molecule has 2 amide bonds. The highest BCUT2D eigenvalue weighted by atomic mass is 127. The molecule has 2 aromatic rings. The summed E-state index contributed by atoms with van der Waals surface area (Å²) < 4.78 is 1.02. The van der Waals surface area contributed by atoms with Crippen LogP contribution in [0.15, 0.2) is 65.3 Å². The fraction of sp³-hybridized carbons (Fsp3) is 0.111. The summed E-state index contributed by atoms with van der Waals surface area (Å²) in [6.45, 7) is 2.44. The highest BCUT2D eigenvalue weighted by Gasteiger charge is 2.41. The predicted octanol–water partition coefficient (Wildman–Crippen LogP) is 4.14. The summed E-state index contributed by atoms with van der Waals surface area (Å²) in [5.74, 6) is -0.899. The second-order valence-corrected chi connectivity index (χ2v) is 6.79. The summed E-state index contributed by atoms with van der Waals surface area (Å²) in [6.07, 6.45) is 0. The van der Waals surface area contributed by atoms with Gasteiger partial charge in [-0.05, 0) is 65.9 Å². The highest BCUT2D eigenvalue weighted by molar-refractivity contribution is 14.1. The van der Waals surface area contributed by atoms with Gasteiger partial charge >= 0.3 is 0 Å². The number of rotatable bonds is 4. The van der Waals surface area contributed by atoms with Crippen LogP contribution < -0.4 is 9.80 Å². The molecule has 4 nitrogen and oxygen atoms in total. The number of amides is 2. The molecule has 0 saturated heterocycles. The second kappa shape index (κ2) is 6.94. The van der Waals surface area contributed by atoms with Crippen LogP contribution in [0.2, 0.25) is 0 Å². The van der Waals surface area contributed by atoms with Crippen molar-refractivity contribution in [3.05, 3.63) is 68.9 Å². The number of halogens is 2. The van der Waals surface area contributed by atoms with Gasteiger partial charge in [0.25, 0.3) is 11.8 Å². The molecule has 2 aromatic carbocycles. The number of nitrogens with zero attached hydrogens (tertiary/aromatic N) is 2. The van der Waals surface area contributed by atoms with Crippen LogP contribution in [0.5, 0.6) is 0 Å². The molecular weight excluding hydrogens is 439 g/mol. The third kappa shape index (κ3) is 2.93. The zero-order chi connectivity index (χ0) is 17.3. The molecule has 24 heavy (non-hydrogen) atoms. The van der Waals surface area contributed by atoms with Gasteiger partial charge in [-0.25, -0.2) is 4.90 Å². The smallest absolute Gasteiger partial charge is 0.283 e. The molecule has 122 valence electrons. The fourth-order valence-electron chi connectivity index (χ4n) is 2.63. The van der Waals surface area contributed by atoms with Crippen LogP contribution in [-0.2, 0) is 9.59 Å². The second-order valence-electron chi connectivity index (χ2n) is 5.16. The van der Waals surface area contributed by atoms with Crippen LogP contribution >= 0.6 is 34.2 Å². The molecule has 1 aliphatic heterocycles. The summed E-state index contributed by atoms with van der Waals surface area (Å²) in [5, 5.41) is -0.0516. The molecule has 1 heterocycles. The summed E-state index contributed by atoms with van der Waals surface area (Å²) >= 11 is 8.42. The molecule has 0 radical (unpaired) electrons. The van der Waals surface area contributed by atoms with Gasteiger partial charge in [-0.3, -0.25) is 9.59 Å². The third-order valence-electron chi connectivity index (χ3n) is 3.74. The summed E-state index contributed by atoms with van der Waals surface area (Å²) in [7, 11) is 0. The molecule has 0 aliphatic carbocycles. The summed E-state index contributed by atoms with van der Waals surface area (Å²) in [4.78, 5) is 28.3. The average Bonchev–Trinajstić information content (AvgIpc) is 2.81. The first-order valence-electron chi connectivity index (χ1n) is 7.41. The van der Waals surface area contributed by atoms with Crippen molar-refractivity contribution < 1.29 is 9.59 Å². The Morgan fingerprint density at radius 1 is 1.00 bits per heavy atom. The standard InChI is InChI=1S/C18H14ClIN2O2/c1-2-21(13-6-4-3-5-7-13)16-15(19)17(23)22(18(16)24)14-10-8-12(20)9-11-14/h3-11H,2H2,1H3. The largest absolute Gasteiger partial charge is 0.336 e. The maximum atomic E-state index is 12.9. The van der Waals surface area contributed by atoms with Gasteiger partial charge in [0.15, 0.2) is 0 Å². The van der Waals surface area contributed by atoms with E-state index in [1.165, 1.54) is 0 Å². The van der Waals surface area contributed by atoms with E-state index in [-0.39, 0.29) is 10.7 Å². The van der Waals surface area contributed by atoms with Crippen LogP contribution in [0.25, 0.3) is 0 Å². The van der Waals surface area contributed by atoms with E-state index in [0.29, 0.717) is 12.2 Å². The molecule has 0 spiro atoms. The first-order chi connectivity index (χ1) is 11.5. The fourth-order valence-corrected chi connectivity index (χ4v) is 3.25. The van der Waals surface area contributed by atoms with Gasteiger partial charge in [-0.1, -0.05) is 29.8 Å². The van der Waals surface area contributed by atoms with Crippen molar-refractivity contribution in [2.24, 2.45) is 0 Å². The van der Waals surface area contributed by atoms with Crippen molar-refractivity contribution in [3.8, 4) is 0 Å². The average molecular weight is 453 g/mol. The molecule has 0 fully saturated rings. The number of benzene rings is 2. The van der Waals surface area contributed by atoms with E-state index < -0.39 is 11.8 Å². The topological polar surface area (TPSA) is 40.6 Å². The quantitative estimate of drug-likeness (QED) is 0.517. The Hall–Kier alpha value is -1.86. The number of carbonyl (C=O) groups is 2. The number of hydrogen-bond acceptors (Lipinski definition) is 3. The normalized spacial score (nSPS) is 14.5. The number of carbonyl (C=O) groups excluding carboxylic acids is 2. The van der Waals surface area contributed by atoms with Crippen molar-refractivity contribution in [1.29, 1.82) is 0 Å². The Kier molecular flexibility index (Phi) is 4.91. The maximum Gasteiger partial charge on any atom is 0.283 e. The van der Waals surface area contributed by atoms with Gasteiger partial charge < -0.3 is 4.90 Å². The van der Waals surface area contributed by atoms with Crippen LogP contribution in [0.1, 0.15) is 6.92 Å². The van der Waals surface area contributed by atoms with E-state index >= 15 is 0 Å². The van der Waals surface area contributed by atoms with Gasteiger partial charge in [0.2, 0.25) is 0 Å². The van der Waals surface area contributed by atoms with E-state index in [2.05, 4.69) is 22.6 Å². The van der Waals surface area contributed by atoms with Crippen LogP contribution in [-0.4, -0.2) is 18.4 Å². The maximum absolute atomic E-state index is 12.9. The van der Waals surface area contributed by atoms with Crippen molar-refractivity contribution >= 4 is 57.4 Å². The Bertz CT molecular complexity index is 819. The molecule has 6 heteroatoms. The highest BCUT2D eigenvalue weighted by Crippen LogP contribution is 2.33. The van der Waals surface area contributed by atoms with Gasteiger partial charge in [0.1, 0.15) is 10.7 Å². The lowest BCUT2D eigenvalue weighted by molar-refractivity contribution is -0.120. The van der Waals surface area contributed by atoms with Crippen molar-refractivity contribution in [2.75, 3.05) is 16.3 Å². The van der Waals surface area contributed by atoms with Crippen molar-refractivity contribution in [3.63, 3.8) is 0 Å². The summed E-state index contributed by atoms with van der Waals surface area (Å²) in [5.41, 5.74) is 1.55. The van der Waals surface area contributed by atoms with Gasteiger partial charge in [0.05, 0.1) is 5.69 Å². The molecule has 0 N–H and O–H groups in total. The van der Waals surface area contributed by atoms with Crippen LogP contribution in [0.4, 0.5) is 11.4 Å². The first-order valence-corrected chi connectivity index (χ1v) is 8.87. The lowest BCUT2D eigenvalue weighted by atomic mass is 10.2. The van der Waals surface area contributed by atoms with Crippen LogP contribution in [0.3, 0.4) is 0 Å². The van der Waals surface area contributed by atoms with Gasteiger partial charge in [-0.2, -0.15) is 0 Å². The van der Waals surface area contributed by atoms with E-state index in [1.54, 1.807) is 17.0 Å². The van der Waals surface area contributed by atoms with E-state index in [9.17, 15) is 9.59 Å². The predicted molar refractivity (Wildman–Crippen MR) is 104 cm³/mol. The molecule has 3 rings (SSSR count). The number of anilines is 2. The Balaban J connectivity index is 2.01. The number of imide groups is 1. The van der Waals surface area contributed by atoms with E-state index in [0.717, 1.165) is 14.2 Å². The lowest BCUT2D eigenvalue weighted by Gasteiger charge is -2.24. The zero-order valence-electron chi connectivity index (χ0n) is 12.9. The minimum Gasteiger partial charge on any atom is -0.336 e. The van der Waals surface area contributed by atoms with Crippen molar-refractivity contribution in [1.82, 2.24) is 0 Å². The van der Waals surface area contributed by atoms with Gasteiger partial charge in [-0.15, -0.1) is 0 Å². The van der Waals surface area contributed by atoms with E-state index in [4.69, 9.17) is 11.6 Å². The lowest BCUT2D eigenvalue weighted by Crippen LogP contribution is -2.35. The summed E-state index contributed by atoms with van der Waals surface area (Å²) in [6, 6.07) is 16.6. The molecule has 0 bridgehead atoms. The SMILES string of the molecule is CCN(C1=C(Cl)C(=O)N(c2ccc(I)cc2)C1=O)c1ccccc1. The third-order valence-corrected chi connectivity index (χ3v) is 4.80. The minimum absolute atomic E-state index is 0.0516. The molecule has 0 saturated carbocycles.